The predicted octanol–water partition coefficient (Wildman–Crippen LogP) is 2.44. The summed E-state index contributed by atoms with van der Waals surface area (Å²) in [4.78, 5) is 0. The van der Waals surface area contributed by atoms with E-state index in [1.54, 1.807) is 0 Å². The molecule has 0 heterocycles. The fourth-order valence-electron chi connectivity index (χ4n) is 0.925. The lowest BCUT2D eigenvalue weighted by Gasteiger charge is -1.94. The first-order valence-electron chi connectivity index (χ1n) is 6.11. The molecular formula is C14H27ClN2. The average molecular weight is 259 g/mol. The SMILES string of the molecule is C#CCNCCCC.C#CCNCCCC.Cl. The van der Waals surface area contributed by atoms with Crippen LogP contribution in [0.5, 0.6) is 0 Å². The summed E-state index contributed by atoms with van der Waals surface area (Å²) in [7, 11) is 0. The molecule has 0 bridgehead atoms. The van der Waals surface area contributed by atoms with Crippen LogP contribution in [0.15, 0.2) is 0 Å². The highest BCUT2D eigenvalue weighted by Gasteiger charge is 1.79. The fraction of sp³-hybridized carbons (Fsp3) is 0.714. The molecule has 0 aromatic rings. The Hall–Kier alpha value is -0.670. The van der Waals surface area contributed by atoms with E-state index in [2.05, 4.69) is 36.3 Å². The van der Waals surface area contributed by atoms with Crippen LogP contribution in [-0.2, 0) is 0 Å². The summed E-state index contributed by atoms with van der Waals surface area (Å²) in [6.07, 6.45) is 14.9. The van der Waals surface area contributed by atoms with Crippen LogP contribution in [0, 0.1) is 24.7 Å². The van der Waals surface area contributed by atoms with Gasteiger partial charge in [-0.15, -0.1) is 25.3 Å². The lowest BCUT2D eigenvalue weighted by Crippen LogP contribution is -2.14. The van der Waals surface area contributed by atoms with Gasteiger partial charge in [0.25, 0.3) is 0 Å². The molecule has 3 heteroatoms. The molecular weight excluding hydrogens is 232 g/mol. The first-order chi connectivity index (χ1) is 7.83. The van der Waals surface area contributed by atoms with Crippen LogP contribution < -0.4 is 10.6 Å². The molecule has 0 atom stereocenters. The van der Waals surface area contributed by atoms with Crippen molar-refractivity contribution >= 4 is 12.4 Å². The summed E-state index contributed by atoms with van der Waals surface area (Å²) < 4.78 is 0. The van der Waals surface area contributed by atoms with Crippen molar-refractivity contribution < 1.29 is 0 Å². The van der Waals surface area contributed by atoms with E-state index in [0.717, 1.165) is 13.1 Å². The Morgan fingerprint density at radius 2 is 1.18 bits per heavy atom. The number of rotatable bonds is 8. The van der Waals surface area contributed by atoms with Crippen molar-refractivity contribution in [2.75, 3.05) is 26.2 Å². The topological polar surface area (TPSA) is 24.1 Å². The molecule has 0 spiro atoms. The Morgan fingerprint density at radius 3 is 1.41 bits per heavy atom. The molecule has 0 aromatic carbocycles. The number of unbranched alkanes of at least 4 members (excludes halogenated alkanes) is 2. The Bertz CT molecular complexity index is 169. The number of nitrogens with one attached hydrogen (secondary N) is 2. The van der Waals surface area contributed by atoms with Gasteiger partial charge in [0.1, 0.15) is 0 Å². The first kappa shape index (κ1) is 21.6. The van der Waals surface area contributed by atoms with Crippen LogP contribution in [0.2, 0.25) is 0 Å². The van der Waals surface area contributed by atoms with Gasteiger partial charge in [-0.2, -0.15) is 0 Å². The van der Waals surface area contributed by atoms with Crippen LogP contribution in [0.1, 0.15) is 39.5 Å². The maximum atomic E-state index is 5.00. The van der Waals surface area contributed by atoms with Crippen LogP contribution >= 0.6 is 12.4 Å². The summed E-state index contributed by atoms with van der Waals surface area (Å²) >= 11 is 0. The average Bonchev–Trinajstić information content (AvgIpc) is 2.31. The van der Waals surface area contributed by atoms with Gasteiger partial charge in [0.05, 0.1) is 13.1 Å². The molecule has 2 nitrogen and oxygen atoms in total. The lowest BCUT2D eigenvalue weighted by molar-refractivity contribution is 0.687. The van der Waals surface area contributed by atoms with E-state index in [4.69, 9.17) is 12.8 Å². The number of hydrogen-bond acceptors (Lipinski definition) is 2. The van der Waals surface area contributed by atoms with Crippen LogP contribution in [-0.4, -0.2) is 26.2 Å². The van der Waals surface area contributed by atoms with Gasteiger partial charge in [-0.05, 0) is 25.9 Å². The second-order valence-corrected chi connectivity index (χ2v) is 3.47. The number of terminal acetylenes is 2. The Labute approximate surface area is 114 Å². The summed E-state index contributed by atoms with van der Waals surface area (Å²) in [5.74, 6) is 5.03. The monoisotopic (exact) mass is 258 g/mol. The van der Waals surface area contributed by atoms with Gasteiger partial charge in [-0.3, -0.25) is 0 Å². The van der Waals surface area contributed by atoms with Crippen LogP contribution in [0.3, 0.4) is 0 Å². The normalized spacial score (nSPS) is 8.00. The third kappa shape index (κ3) is 31.3. The molecule has 0 rings (SSSR count). The van der Waals surface area contributed by atoms with Crippen LogP contribution in [0.4, 0.5) is 0 Å². The molecule has 0 radical (unpaired) electrons. The summed E-state index contributed by atoms with van der Waals surface area (Å²) in [5.41, 5.74) is 0. The quantitative estimate of drug-likeness (QED) is 0.516. The van der Waals surface area contributed by atoms with Crippen molar-refractivity contribution in [2.24, 2.45) is 0 Å². The second-order valence-electron chi connectivity index (χ2n) is 3.47. The Kier molecular flexibility index (Phi) is 31.2. The number of hydrogen-bond donors (Lipinski definition) is 2. The molecule has 17 heavy (non-hydrogen) atoms. The third-order valence-electron chi connectivity index (χ3n) is 1.87. The van der Waals surface area contributed by atoms with E-state index in [0.29, 0.717) is 13.1 Å². The van der Waals surface area contributed by atoms with Crippen molar-refractivity contribution in [3.05, 3.63) is 0 Å². The largest absolute Gasteiger partial charge is 0.306 e. The van der Waals surface area contributed by atoms with Crippen molar-refractivity contribution in [1.29, 1.82) is 0 Å². The standard InChI is InChI=1S/2C7H13N.ClH/c2*1-3-5-7-8-6-4-2;/h2*2,8H,3,5-7H2,1H3;1H. The zero-order chi connectivity index (χ0) is 12.5. The number of halogens is 1. The molecule has 0 aliphatic rings. The molecule has 0 saturated heterocycles. The lowest BCUT2D eigenvalue weighted by atomic mass is 10.3. The molecule has 0 fully saturated rings. The van der Waals surface area contributed by atoms with Gasteiger partial charge < -0.3 is 10.6 Å². The van der Waals surface area contributed by atoms with E-state index in [1.807, 2.05) is 0 Å². The van der Waals surface area contributed by atoms with E-state index < -0.39 is 0 Å². The third-order valence-corrected chi connectivity index (χ3v) is 1.87. The molecule has 2 N–H and O–H groups in total. The van der Waals surface area contributed by atoms with E-state index in [1.165, 1.54) is 25.7 Å². The highest BCUT2D eigenvalue weighted by atomic mass is 35.5. The van der Waals surface area contributed by atoms with Gasteiger partial charge in [-0.1, -0.05) is 38.5 Å². The van der Waals surface area contributed by atoms with Crippen LogP contribution in [0.25, 0.3) is 0 Å². The van der Waals surface area contributed by atoms with Gasteiger partial charge >= 0.3 is 0 Å². The minimum absolute atomic E-state index is 0. The fourth-order valence-corrected chi connectivity index (χ4v) is 0.925. The van der Waals surface area contributed by atoms with E-state index in [-0.39, 0.29) is 12.4 Å². The zero-order valence-electron chi connectivity index (χ0n) is 11.2. The molecule has 0 aliphatic carbocycles. The van der Waals surface area contributed by atoms with E-state index >= 15 is 0 Å². The van der Waals surface area contributed by atoms with E-state index in [9.17, 15) is 0 Å². The van der Waals surface area contributed by atoms with Crippen molar-refractivity contribution in [1.82, 2.24) is 10.6 Å². The molecule has 0 saturated carbocycles. The molecule has 0 aromatic heterocycles. The summed E-state index contributed by atoms with van der Waals surface area (Å²) in [6.45, 7) is 7.86. The second kappa shape index (κ2) is 24.5. The predicted molar refractivity (Wildman–Crippen MR) is 80.5 cm³/mol. The van der Waals surface area contributed by atoms with Gasteiger partial charge in [0.2, 0.25) is 0 Å². The highest BCUT2D eigenvalue weighted by molar-refractivity contribution is 5.85. The van der Waals surface area contributed by atoms with Crippen molar-refractivity contribution in [3.63, 3.8) is 0 Å². The molecule has 100 valence electrons. The van der Waals surface area contributed by atoms with Gasteiger partial charge in [-0.25, -0.2) is 0 Å². The molecule has 0 amide bonds. The minimum atomic E-state index is 0. The Morgan fingerprint density at radius 1 is 0.824 bits per heavy atom. The van der Waals surface area contributed by atoms with Crippen molar-refractivity contribution in [2.45, 2.75) is 39.5 Å². The van der Waals surface area contributed by atoms with Gasteiger partial charge in [0.15, 0.2) is 0 Å². The summed E-state index contributed by atoms with van der Waals surface area (Å²) in [5, 5.41) is 6.20. The molecule has 0 aliphatic heterocycles. The molecule has 0 unspecified atom stereocenters. The maximum absolute atomic E-state index is 5.00. The van der Waals surface area contributed by atoms with Crippen molar-refractivity contribution in [3.8, 4) is 24.7 Å². The highest BCUT2D eigenvalue weighted by Crippen LogP contribution is 1.80. The Balaban J connectivity index is -0.000000218. The smallest absolute Gasteiger partial charge is 0.0573 e. The summed E-state index contributed by atoms with van der Waals surface area (Å²) in [6, 6.07) is 0. The maximum Gasteiger partial charge on any atom is 0.0573 e. The van der Waals surface area contributed by atoms with Gasteiger partial charge in [0, 0.05) is 0 Å². The zero-order valence-corrected chi connectivity index (χ0v) is 12.0. The first-order valence-corrected chi connectivity index (χ1v) is 6.11. The minimum Gasteiger partial charge on any atom is -0.306 e.